The van der Waals surface area contributed by atoms with Gasteiger partial charge in [-0.2, -0.15) is 0 Å². The molecule has 1 aliphatic heterocycles. The summed E-state index contributed by atoms with van der Waals surface area (Å²) in [5.74, 6) is -2.48. The van der Waals surface area contributed by atoms with E-state index in [-0.39, 0.29) is 6.54 Å². The summed E-state index contributed by atoms with van der Waals surface area (Å²) in [5.41, 5.74) is 0. The average molecular weight is 209 g/mol. The predicted molar refractivity (Wildman–Crippen MR) is 48.6 cm³/mol. The van der Waals surface area contributed by atoms with E-state index in [0.29, 0.717) is 19.1 Å². The molecule has 0 aromatic heterocycles. The van der Waals surface area contributed by atoms with E-state index >= 15 is 0 Å². The molecule has 0 aromatic carbocycles. The van der Waals surface area contributed by atoms with Gasteiger partial charge in [-0.3, -0.25) is 0 Å². The van der Waals surface area contributed by atoms with Crippen LogP contribution in [0.15, 0.2) is 0 Å². The van der Waals surface area contributed by atoms with Crippen molar-refractivity contribution < 1.29 is 18.3 Å². The van der Waals surface area contributed by atoms with E-state index in [1.807, 2.05) is 0 Å². The van der Waals surface area contributed by atoms with Gasteiger partial charge in [-0.05, 0) is 13.5 Å². The van der Waals surface area contributed by atoms with Crippen molar-refractivity contribution in [1.29, 1.82) is 0 Å². The van der Waals surface area contributed by atoms with Crippen molar-refractivity contribution in [3.8, 4) is 0 Å². The smallest absolute Gasteiger partial charge is 0.283 e. The number of hydrogen-bond acceptors (Lipinski definition) is 3. The molecule has 1 heterocycles. The lowest BCUT2D eigenvalue weighted by Gasteiger charge is -2.17. The van der Waals surface area contributed by atoms with E-state index in [1.54, 1.807) is 0 Å². The van der Waals surface area contributed by atoms with Gasteiger partial charge < -0.3 is 14.8 Å². The number of alkyl halides is 2. The molecule has 84 valence electrons. The molecule has 1 aliphatic rings. The van der Waals surface area contributed by atoms with Crippen LogP contribution in [0.1, 0.15) is 6.42 Å². The molecular formula is C9H17F2NO2. The quantitative estimate of drug-likeness (QED) is 0.705. The first-order valence-electron chi connectivity index (χ1n) is 4.82. The highest BCUT2D eigenvalue weighted by Gasteiger charge is 2.28. The zero-order valence-corrected chi connectivity index (χ0v) is 8.39. The molecule has 0 aliphatic carbocycles. The third-order valence-corrected chi connectivity index (χ3v) is 2.13. The molecule has 1 atom stereocenters. The third kappa shape index (κ3) is 4.30. The number of nitrogens with one attached hydrogen (secondary N) is 1. The minimum atomic E-state index is -2.77. The van der Waals surface area contributed by atoms with Gasteiger partial charge in [0, 0.05) is 12.5 Å². The molecule has 1 N–H and O–H groups in total. The van der Waals surface area contributed by atoms with Crippen molar-refractivity contribution in [1.82, 2.24) is 5.32 Å². The molecule has 0 spiro atoms. The Morgan fingerprint density at radius 2 is 2.36 bits per heavy atom. The maximum Gasteiger partial charge on any atom is 0.283 e. The van der Waals surface area contributed by atoms with Gasteiger partial charge in [0.05, 0.1) is 19.8 Å². The fourth-order valence-electron chi connectivity index (χ4n) is 1.40. The molecule has 1 saturated heterocycles. The number of ether oxygens (including phenoxy) is 2. The predicted octanol–water partition coefficient (Wildman–Crippen LogP) is 0.894. The SMILES string of the molecule is CNCC(F)(F)COCC1CCOC1. The zero-order valence-electron chi connectivity index (χ0n) is 8.39. The summed E-state index contributed by atoms with van der Waals surface area (Å²) in [5, 5.41) is 2.43. The normalized spacial score (nSPS) is 22.9. The van der Waals surface area contributed by atoms with Crippen molar-refractivity contribution in [3.05, 3.63) is 0 Å². The molecule has 5 heteroatoms. The Labute approximate surface area is 82.8 Å². The number of hydrogen-bond donors (Lipinski definition) is 1. The van der Waals surface area contributed by atoms with Crippen LogP contribution in [0.2, 0.25) is 0 Å². The van der Waals surface area contributed by atoms with Crippen LogP contribution in [0.25, 0.3) is 0 Å². The van der Waals surface area contributed by atoms with Gasteiger partial charge in [-0.1, -0.05) is 0 Å². The minimum Gasteiger partial charge on any atom is -0.381 e. The van der Waals surface area contributed by atoms with Crippen LogP contribution < -0.4 is 5.32 Å². The molecule has 0 radical (unpaired) electrons. The summed E-state index contributed by atoms with van der Waals surface area (Å²) >= 11 is 0. The number of halogens is 2. The van der Waals surface area contributed by atoms with E-state index in [2.05, 4.69) is 5.32 Å². The number of rotatable bonds is 6. The minimum absolute atomic E-state index is 0.292. The summed E-state index contributed by atoms with van der Waals surface area (Å²) in [6.45, 7) is 0.885. The van der Waals surface area contributed by atoms with Gasteiger partial charge >= 0.3 is 0 Å². The molecule has 3 nitrogen and oxygen atoms in total. The lowest BCUT2D eigenvalue weighted by molar-refractivity contribution is -0.0799. The average Bonchev–Trinajstić information content (AvgIpc) is 2.56. The first-order chi connectivity index (χ1) is 6.64. The molecule has 1 rings (SSSR count). The van der Waals surface area contributed by atoms with Crippen LogP contribution in [0, 0.1) is 5.92 Å². The van der Waals surface area contributed by atoms with Crippen LogP contribution in [0.5, 0.6) is 0 Å². The second kappa shape index (κ2) is 5.58. The Morgan fingerprint density at radius 3 is 2.93 bits per heavy atom. The second-order valence-electron chi connectivity index (χ2n) is 3.63. The Hall–Kier alpha value is -0.260. The molecule has 0 aromatic rings. The van der Waals surface area contributed by atoms with Gasteiger partial charge in [-0.25, -0.2) is 8.78 Å². The van der Waals surface area contributed by atoms with Crippen LogP contribution >= 0.6 is 0 Å². The molecule has 1 fully saturated rings. The van der Waals surface area contributed by atoms with Crippen molar-refractivity contribution >= 4 is 0 Å². The van der Waals surface area contributed by atoms with Gasteiger partial charge in [0.2, 0.25) is 0 Å². The Morgan fingerprint density at radius 1 is 1.57 bits per heavy atom. The molecular weight excluding hydrogens is 192 g/mol. The summed E-state index contributed by atoms with van der Waals surface area (Å²) in [6, 6.07) is 0. The first-order valence-corrected chi connectivity index (χ1v) is 4.82. The highest BCUT2D eigenvalue weighted by atomic mass is 19.3. The molecule has 1 unspecified atom stereocenters. The molecule has 0 amide bonds. The van der Waals surface area contributed by atoms with E-state index < -0.39 is 12.5 Å². The van der Waals surface area contributed by atoms with Crippen LogP contribution in [0.3, 0.4) is 0 Å². The Balaban J connectivity index is 2.07. The van der Waals surface area contributed by atoms with Crippen LogP contribution in [0.4, 0.5) is 8.78 Å². The standard InChI is InChI=1S/C9H17F2NO2/c1-12-6-9(10,11)7-14-5-8-2-3-13-4-8/h8,12H,2-7H2,1H3. The summed E-state index contributed by atoms with van der Waals surface area (Å²) in [7, 11) is 1.50. The largest absolute Gasteiger partial charge is 0.381 e. The molecule has 0 saturated carbocycles. The maximum atomic E-state index is 12.9. The van der Waals surface area contributed by atoms with Gasteiger partial charge in [-0.15, -0.1) is 0 Å². The fraction of sp³-hybridized carbons (Fsp3) is 1.00. The zero-order chi connectivity index (χ0) is 10.4. The summed E-state index contributed by atoms with van der Waals surface area (Å²) in [4.78, 5) is 0. The topological polar surface area (TPSA) is 30.5 Å². The lowest BCUT2D eigenvalue weighted by atomic mass is 10.1. The Kier molecular flexibility index (Phi) is 4.71. The summed E-state index contributed by atoms with van der Waals surface area (Å²) in [6.07, 6.45) is 0.914. The van der Waals surface area contributed by atoms with Crippen molar-refractivity contribution in [3.63, 3.8) is 0 Å². The van der Waals surface area contributed by atoms with E-state index in [0.717, 1.165) is 13.0 Å². The van der Waals surface area contributed by atoms with Gasteiger partial charge in [0.1, 0.15) is 6.61 Å². The molecule has 14 heavy (non-hydrogen) atoms. The summed E-state index contributed by atoms with van der Waals surface area (Å²) < 4.78 is 35.8. The van der Waals surface area contributed by atoms with Crippen molar-refractivity contribution in [2.75, 3.05) is 40.0 Å². The highest BCUT2D eigenvalue weighted by molar-refractivity contribution is 4.68. The van der Waals surface area contributed by atoms with Crippen molar-refractivity contribution in [2.24, 2.45) is 5.92 Å². The highest BCUT2D eigenvalue weighted by Crippen LogP contribution is 2.16. The van der Waals surface area contributed by atoms with E-state index in [9.17, 15) is 8.78 Å². The van der Waals surface area contributed by atoms with Crippen molar-refractivity contribution in [2.45, 2.75) is 12.3 Å². The fourth-order valence-corrected chi connectivity index (χ4v) is 1.40. The lowest BCUT2D eigenvalue weighted by Crippen LogP contribution is -2.35. The van der Waals surface area contributed by atoms with Gasteiger partial charge in [0.15, 0.2) is 0 Å². The maximum absolute atomic E-state index is 12.9. The second-order valence-corrected chi connectivity index (χ2v) is 3.63. The van der Waals surface area contributed by atoms with Crippen LogP contribution in [-0.2, 0) is 9.47 Å². The Bertz CT molecular complexity index is 161. The van der Waals surface area contributed by atoms with Crippen LogP contribution in [-0.4, -0.2) is 45.9 Å². The third-order valence-electron chi connectivity index (χ3n) is 2.13. The van der Waals surface area contributed by atoms with E-state index in [1.165, 1.54) is 7.05 Å². The van der Waals surface area contributed by atoms with E-state index in [4.69, 9.17) is 9.47 Å². The monoisotopic (exact) mass is 209 g/mol. The first kappa shape index (κ1) is 11.8. The molecule has 0 bridgehead atoms. The van der Waals surface area contributed by atoms with Gasteiger partial charge in [0.25, 0.3) is 5.92 Å².